The number of hydrogen-bond donors (Lipinski definition) is 1. The van der Waals surface area contributed by atoms with Crippen molar-refractivity contribution in [3.05, 3.63) is 32.1 Å². The Hall–Kier alpha value is -0.620. The molecule has 6 heteroatoms. The summed E-state index contributed by atoms with van der Waals surface area (Å²) in [6, 6.07) is 0. The first-order valence-corrected chi connectivity index (χ1v) is 6.47. The maximum absolute atomic E-state index is 11.8. The molecule has 1 aromatic rings. The third kappa shape index (κ3) is 3.45. The maximum Gasteiger partial charge on any atom is 0.283 e. The van der Waals surface area contributed by atoms with E-state index in [1.807, 2.05) is 6.92 Å². The second-order valence-electron chi connectivity index (χ2n) is 3.27. The van der Waals surface area contributed by atoms with Gasteiger partial charge in [-0.2, -0.15) is 5.10 Å². The van der Waals surface area contributed by atoms with Crippen molar-refractivity contribution in [2.45, 2.75) is 19.9 Å². The molecule has 0 amide bonds. The summed E-state index contributed by atoms with van der Waals surface area (Å²) in [5.74, 6) is 0. The van der Waals surface area contributed by atoms with Crippen molar-refractivity contribution in [3.8, 4) is 0 Å². The lowest BCUT2D eigenvalue weighted by Gasteiger charge is -2.09. The molecule has 0 aliphatic heterocycles. The summed E-state index contributed by atoms with van der Waals surface area (Å²) in [7, 11) is 0. The molecule has 88 valence electrons. The van der Waals surface area contributed by atoms with E-state index in [-0.39, 0.29) is 5.56 Å². The highest BCUT2D eigenvalue weighted by Crippen LogP contribution is 2.16. The molecule has 0 saturated carbocycles. The molecule has 1 N–H and O–H groups in total. The quantitative estimate of drug-likeness (QED) is 0.888. The van der Waals surface area contributed by atoms with Gasteiger partial charge in [-0.1, -0.05) is 29.4 Å². The molecule has 0 saturated heterocycles. The van der Waals surface area contributed by atoms with Gasteiger partial charge in [0.25, 0.3) is 5.56 Å². The van der Waals surface area contributed by atoms with Gasteiger partial charge in [-0.25, -0.2) is 4.68 Å². The van der Waals surface area contributed by atoms with Crippen LogP contribution in [0.3, 0.4) is 0 Å². The van der Waals surface area contributed by atoms with Crippen LogP contribution in [-0.4, -0.2) is 16.3 Å². The van der Waals surface area contributed by atoms with E-state index in [2.05, 4.69) is 48.9 Å². The molecule has 1 heterocycles. The number of anilines is 1. The van der Waals surface area contributed by atoms with Crippen molar-refractivity contribution in [2.24, 2.45) is 0 Å². The zero-order valence-electron chi connectivity index (χ0n) is 8.96. The Kier molecular flexibility index (Phi) is 5.21. The van der Waals surface area contributed by atoms with Gasteiger partial charge in [0, 0.05) is 17.6 Å². The van der Waals surface area contributed by atoms with Crippen LogP contribution in [0.4, 0.5) is 5.69 Å². The SMILES string of the molecule is C=C(Br)CNc1cnn(CCC)c(=O)c1Br. The number of hydrogen-bond acceptors (Lipinski definition) is 3. The molecule has 0 atom stereocenters. The highest BCUT2D eigenvalue weighted by molar-refractivity contribution is 9.11. The zero-order chi connectivity index (χ0) is 12.1. The fourth-order valence-electron chi connectivity index (χ4n) is 1.15. The number of aryl methyl sites for hydroxylation is 1. The van der Waals surface area contributed by atoms with Crippen molar-refractivity contribution in [2.75, 3.05) is 11.9 Å². The van der Waals surface area contributed by atoms with Gasteiger partial charge in [-0.3, -0.25) is 4.79 Å². The van der Waals surface area contributed by atoms with E-state index >= 15 is 0 Å². The fourth-order valence-corrected chi connectivity index (χ4v) is 1.74. The molecule has 1 rings (SSSR count). The minimum absolute atomic E-state index is 0.118. The van der Waals surface area contributed by atoms with E-state index in [9.17, 15) is 4.79 Å². The van der Waals surface area contributed by atoms with Gasteiger partial charge in [0.2, 0.25) is 0 Å². The van der Waals surface area contributed by atoms with Crippen molar-refractivity contribution in [3.63, 3.8) is 0 Å². The Bertz CT molecular complexity index is 442. The molecule has 4 nitrogen and oxygen atoms in total. The van der Waals surface area contributed by atoms with Crippen LogP contribution in [0.2, 0.25) is 0 Å². The first-order valence-electron chi connectivity index (χ1n) is 4.89. The number of nitrogens with zero attached hydrogens (tertiary/aromatic N) is 2. The largest absolute Gasteiger partial charge is 0.378 e. The second-order valence-corrected chi connectivity index (χ2v) is 5.19. The summed E-state index contributed by atoms with van der Waals surface area (Å²) in [5, 5.41) is 7.13. The van der Waals surface area contributed by atoms with Crippen molar-refractivity contribution < 1.29 is 0 Å². The number of halogens is 2. The molecule has 0 spiro atoms. The lowest BCUT2D eigenvalue weighted by molar-refractivity contribution is 0.566. The average molecular weight is 351 g/mol. The van der Waals surface area contributed by atoms with Gasteiger partial charge in [0.05, 0.1) is 11.9 Å². The third-order valence-corrected chi connectivity index (χ3v) is 2.94. The molecule has 0 bridgehead atoms. The first kappa shape index (κ1) is 13.4. The van der Waals surface area contributed by atoms with E-state index in [0.29, 0.717) is 23.2 Å². The van der Waals surface area contributed by atoms with Gasteiger partial charge >= 0.3 is 0 Å². The predicted octanol–water partition coefficient (Wildman–Crippen LogP) is 2.74. The highest BCUT2D eigenvalue weighted by atomic mass is 79.9. The van der Waals surface area contributed by atoms with E-state index in [4.69, 9.17) is 0 Å². The first-order chi connectivity index (χ1) is 7.56. The Morgan fingerprint density at radius 1 is 1.69 bits per heavy atom. The topological polar surface area (TPSA) is 46.9 Å². The van der Waals surface area contributed by atoms with E-state index in [0.717, 1.165) is 10.9 Å². The van der Waals surface area contributed by atoms with Crippen LogP contribution in [0.25, 0.3) is 0 Å². The van der Waals surface area contributed by atoms with Gasteiger partial charge in [0.1, 0.15) is 4.47 Å². The molecule has 0 unspecified atom stereocenters. The lowest BCUT2D eigenvalue weighted by atomic mass is 10.4. The van der Waals surface area contributed by atoms with Crippen LogP contribution in [0.1, 0.15) is 13.3 Å². The van der Waals surface area contributed by atoms with Crippen molar-refractivity contribution in [1.82, 2.24) is 9.78 Å². The zero-order valence-corrected chi connectivity index (χ0v) is 12.1. The van der Waals surface area contributed by atoms with Gasteiger partial charge in [-0.05, 0) is 22.4 Å². The third-order valence-electron chi connectivity index (χ3n) is 1.89. The number of nitrogens with one attached hydrogen (secondary N) is 1. The van der Waals surface area contributed by atoms with Crippen LogP contribution < -0.4 is 10.9 Å². The summed E-state index contributed by atoms with van der Waals surface area (Å²) in [4.78, 5) is 11.8. The second kappa shape index (κ2) is 6.20. The van der Waals surface area contributed by atoms with Gasteiger partial charge in [-0.15, -0.1) is 0 Å². The Morgan fingerprint density at radius 2 is 2.38 bits per heavy atom. The number of rotatable bonds is 5. The predicted molar refractivity (Wildman–Crippen MR) is 73.0 cm³/mol. The van der Waals surface area contributed by atoms with E-state index < -0.39 is 0 Å². The van der Waals surface area contributed by atoms with Crippen LogP contribution in [0.15, 0.2) is 26.5 Å². The Morgan fingerprint density at radius 3 is 2.94 bits per heavy atom. The van der Waals surface area contributed by atoms with Crippen molar-refractivity contribution in [1.29, 1.82) is 0 Å². The molecule has 0 aliphatic carbocycles. The molecule has 0 fully saturated rings. The minimum Gasteiger partial charge on any atom is -0.378 e. The molecule has 1 aromatic heterocycles. The highest BCUT2D eigenvalue weighted by Gasteiger charge is 2.07. The molecule has 0 radical (unpaired) electrons. The standard InChI is InChI=1S/C10H13Br2N3O/c1-3-4-15-10(16)9(12)8(6-14-15)13-5-7(2)11/h6,13H,2-5H2,1H3. The van der Waals surface area contributed by atoms with E-state index in [1.54, 1.807) is 6.20 Å². The minimum atomic E-state index is -0.118. The smallest absolute Gasteiger partial charge is 0.283 e. The van der Waals surface area contributed by atoms with Crippen LogP contribution in [0.5, 0.6) is 0 Å². The van der Waals surface area contributed by atoms with Crippen molar-refractivity contribution >= 4 is 37.5 Å². The summed E-state index contributed by atoms with van der Waals surface area (Å²) in [6.45, 7) is 6.89. The van der Waals surface area contributed by atoms with Crippen LogP contribution in [-0.2, 0) is 6.54 Å². The molecular formula is C10H13Br2N3O. The Balaban J connectivity index is 2.93. The summed E-state index contributed by atoms with van der Waals surface area (Å²) in [5.41, 5.74) is 0.560. The molecule has 16 heavy (non-hydrogen) atoms. The lowest BCUT2D eigenvalue weighted by Crippen LogP contribution is -2.24. The normalized spacial score (nSPS) is 10.2. The van der Waals surface area contributed by atoms with Gasteiger partial charge in [0.15, 0.2) is 0 Å². The number of aromatic nitrogens is 2. The summed E-state index contributed by atoms with van der Waals surface area (Å²) in [6.07, 6.45) is 2.52. The molecule has 0 aromatic carbocycles. The summed E-state index contributed by atoms with van der Waals surface area (Å²) < 4.78 is 2.76. The summed E-state index contributed by atoms with van der Waals surface area (Å²) >= 11 is 6.51. The molecular weight excluding hydrogens is 338 g/mol. The average Bonchev–Trinajstić information content (AvgIpc) is 2.24. The molecule has 0 aliphatic rings. The maximum atomic E-state index is 11.8. The Labute approximate surface area is 111 Å². The van der Waals surface area contributed by atoms with Crippen LogP contribution in [0, 0.1) is 0 Å². The van der Waals surface area contributed by atoms with Crippen LogP contribution >= 0.6 is 31.9 Å². The monoisotopic (exact) mass is 349 g/mol. The fraction of sp³-hybridized carbons (Fsp3) is 0.400. The van der Waals surface area contributed by atoms with E-state index in [1.165, 1.54) is 4.68 Å². The van der Waals surface area contributed by atoms with Gasteiger partial charge < -0.3 is 5.32 Å².